The van der Waals surface area contributed by atoms with Gasteiger partial charge in [0.2, 0.25) is 5.91 Å². The number of hydrogen-bond acceptors (Lipinski definition) is 6. The first kappa shape index (κ1) is 22.5. The highest BCUT2D eigenvalue weighted by Gasteiger charge is 2.18. The summed E-state index contributed by atoms with van der Waals surface area (Å²) < 4.78 is 0.579. The molecule has 0 unspecified atom stereocenters. The first-order valence-electron chi connectivity index (χ1n) is 9.80. The number of nitrogen functional groups attached to an aromatic ring is 1. The average molecular weight is 502 g/mol. The van der Waals surface area contributed by atoms with Gasteiger partial charge in [-0.15, -0.1) is 34.0 Å². The topological polar surface area (TPSA) is 84.2 Å². The van der Waals surface area contributed by atoms with E-state index in [1.807, 2.05) is 31.2 Å². The van der Waals surface area contributed by atoms with Gasteiger partial charge in [0, 0.05) is 23.1 Å². The van der Waals surface area contributed by atoms with Crippen LogP contribution in [0.15, 0.2) is 47.8 Å². The van der Waals surface area contributed by atoms with Crippen LogP contribution in [0.25, 0.3) is 20.9 Å². The molecule has 32 heavy (non-hydrogen) atoms. The lowest BCUT2D eigenvalue weighted by atomic mass is 10.1. The Hall–Kier alpha value is -2.65. The minimum absolute atomic E-state index is 0.108. The predicted octanol–water partition coefficient (Wildman–Crippen LogP) is 7.21. The molecule has 4 rings (SSSR count). The Morgan fingerprint density at radius 3 is 2.56 bits per heavy atom. The van der Waals surface area contributed by atoms with Crippen LogP contribution in [0.1, 0.15) is 29.1 Å². The van der Waals surface area contributed by atoms with Crippen molar-refractivity contribution in [2.24, 2.45) is 0 Å². The van der Waals surface area contributed by atoms with Crippen LogP contribution >= 0.6 is 45.6 Å². The molecule has 9 heteroatoms. The number of rotatable bonds is 6. The fourth-order valence-electron chi connectivity index (χ4n) is 3.29. The standard InChI is InChI=1S/C23H20ClN3O2S3/c1-3-16-20(25)21(32-23(16)26-12(2)28)18-10-14(11-30-18)13-5-4-6-15(9-13)27-22(29)17-7-8-19(24)31-17/h4-11H,3,25H2,1-2H3,(H,26,28)(H,27,29). The van der Waals surface area contributed by atoms with E-state index < -0.39 is 0 Å². The molecule has 0 aliphatic rings. The summed E-state index contributed by atoms with van der Waals surface area (Å²) in [6.07, 6.45) is 0.743. The van der Waals surface area contributed by atoms with Gasteiger partial charge in [-0.2, -0.15) is 0 Å². The number of nitrogens with two attached hydrogens (primary N) is 1. The summed E-state index contributed by atoms with van der Waals surface area (Å²) in [6.45, 7) is 3.52. The van der Waals surface area contributed by atoms with Crippen molar-refractivity contribution in [1.82, 2.24) is 0 Å². The number of hydrogen-bond donors (Lipinski definition) is 3. The molecule has 3 heterocycles. The molecule has 4 aromatic rings. The molecule has 0 aliphatic heterocycles. The summed E-state index contributed by atoms with van der Waals surface area (Å²) in [4.78, 5) is 26.6. The molecule has 4 N–H and O–H groups in total. The highest BCUT2D eigenvalue weighted by atomic mass is 35.5. The third kappa shape index (κ3) is 4.73. The number of anilines is 3. The summed E-state index contributed by atoms with van der Waals surface area (Å²) in [6, 6.07) is 13.2. The van der Waals surface area contributed by atoms with Gasteiger partial charge in [0.25, 0.3) is 5.91 Å². The maximum atomic E-state index is 12.4. The van der Waals surface area contributed by atoms with Crippen molar-refractivity contribution < 1.29 is 9.59 Å². The van der Waals surface area contributed by atoms with Gasteiger partial charge in [-0.25, -0.2) is 0 Å². The molecule has 0 atom stereocenters. The van der Waals surface area contributed by atoms with Gasteiger partial charge in [-0.1, -0.05) is 30.7 Å². The number of benzene rings is 1. The normalized spacial score (nSPS) is 10.8. The second kappa shape index (κ2) is 9.46. The molecule has 0 saturated heterocycles. The van der Waals surface area contributed by atoms with Crippen molar-refractivity contribution in [3.63, 3.8) is 0 Å². The van der Waals surface area contributed by atoms with E-state index in [1.54, 1.807) is 23.5 Å². The number of halogens is 1. The summed E-state index contributed by atoms with van der Waals surface area (Å²) in [7, 11) is 0. The number of carbonyl (C=O) groups is 2. The van der Waals surface area contributed by atoms with E-state index in [1.165, 1.54) is 29.6 Å². The van der Waals surface area contributed by atoms with E-state index in [9.17, 15) is 9.59 Å². The summed E-state index contributed by atoms with van der Waals surface area (Å²) in [5.41, 5.74) is 10.8. The van der Waals surface area contributed by atoms with Crippen LogP contribution < -0.4 is 16.4 Å². The average Bonchev–Trinajstić information content (AvgIpc) is 3.47. The maximum absolute atomic E-state index is 12.4. The highest BCUT2D eigenvalue weighted by Crippen LogP contribution is 2.46. The van der Waals surface area contributed by atoms with Crippen LogP contribution in [0.4, 0.5) is 16.4 Å². The zero-order valence-electron chi connectivity index (χ0n) is 17.3. The Morgan fingerprint density at radius 1 is 1.06 bits per heavy atom. The number of nitrogens with one attached hydrogen (secondary N) is 2. The van der Waals surface area contributed by atoms with E-state index in [4.69, 9.17) is 17.3 Å². The minimum Gasteiger partial charge on any atom is -0.397 e. The van der Waals surface area contributed by atoms with Crippen LogP contribution in [0.2, 0.25) is 4.34 Å². The fourth-order valence-corrected chi connectivity index (χ4v) is 6.53. The third-order valence-corrected chi connectivity index (χ3v) is 8.27. The number of carbonyl (C=O) groups excluding carboxylic acids is 2. The Labute approximate surface area is 202 Å². The largest absolute Gasteiger partial charge is 0.397 e. The van der Waals surface area contributed by atoms with Crippen molar-refractivity contribution in [1.29, 1.82) is 0 Å². The number of thiophene rings is 3. The first-order chi connectivity index (χ1) is 15.4. The van der Waals surface area contributed by atoms with Gasteiger partial charge in [-0.05, 0) is 53.3 Å². The van der Waals surface area contributed by atoms with E-state index in [0.29, 0.717) is 20.6 Å². The van der Waals surface area contributed by atoms with Gasteiger partial charge in [-0.3, -0.25) is 9.59 Å². The molecule has 5 nitrogen and oxygen atoms in total. The summed E-state index contributed by atoms with van der Waals surface area (Å²) in [5.74, 6) is -0.294. The molecule has 164 valence electrons. The Kier molecular flexibility index (Phi) is 6.66. The van der Waals surface area contributed by atoms with Crippen molar-refractivity contribution in [3.05, 3.63) is 62.6 Å². The van der Waals surface area contributed by atoms with Crippen molar-refractivity contribution in [2.45, 2.75) is 20.3 Å². The van der Waals surface area contributed by atoms with E-state index in [2.05, 4.69) is 22.1 Å². The third-order valence-electron chi connectivity index (χ3n) is 4.77. The lowest BCUT2D eigenvalue weighted by Gasteiger charge is -2.06. The van der Waals surface area contributed by atoms with E-state index in [0.717, 1.165) is 37.9 Å². The minimum atomic E-state index is -0.186. The van der Waals surface area contributed by atoms with E-state index in [-0.39, 0.29) is 11.8 Å². The van der Waals surface area contributed by atoms with Crippen LogP contribution in [-0.4, -0.2) is 11.8 Å². The Bertz CT molecular complexity index is 1310. The van der Waals surface area contributed by atoms with Crippen LogP contribution in [0.5, 0.6) is 0 Å². The maximum Gasteiger partial charge on any atom is 0.265 e. The second-order valence-corrected chi connectivity index (χ2v) is 10.7. The van der Waals surface area contributed by atoms with E-state index >= 15 is 0 Å². The molecular weight excluding hydrogens is 482 g/mol. The molecule has 0 radical (unpaired) electrons. The van der Waals surface area contributed by atoms with Crippen LogP contribution in [-0.2, 0) is 11.2 Å². The highest BCUT2D eigenvalue weighted by molar-refractivity contribution is 7.24. The molecule has 0 bridgehead atoms. The van der Waals surface area contributed by atoms with Crippen LogP contribution in [0.3, 0.4) is 0 Å². The van der Waals surface area contributed by atoms with Crippen LogP contribution in [0, 0.1) is 0 Å². The predicted molar refractivity (Wildman–Crippen MR) is 138 cm³/mol. The molecule has 3 aromatic heterocycles. The molecule has 0 saturated carbocycles. The number of amides is 2. The monoisotopic (exact) mass is 501 g/mol. The van der Waals surface area contributed by atoms with Crippen molar-refractivity contribution in [3.8, 4) is 20.9 Å². The van der Waals surface area contributed by atoms with Crippen molar-refractivity contribution in [2.75, 3.05) is 16.4 Å². The molecule has 2 amide bonds. The van der Waals surface area contributed by atoms with Gasteiger partial charge in [0.05, 0.1) is 19.8 Å². The lowest BCUT2D eigenvalue weighted by molar-refractivity contribution is -0.114. The lowest BCUT2D eigenvalue weighted by Crippen LogP contribution is -2.09. The Morgan fingerprint density at radius 2 is 1.88 bits per heavy atom. The Balaban J connectivity index is 1.59. The van der Waals surface area contributed by atoms with Crippen molar-refractivity contribution >= 4 is 73.8 Å². The van der Waals surface area contributed by atoms with Gasteiger partial charge in [0.15, 0.2) is 0 Å². The first-order valence-corrected chi connectivity index (χ1v) is 12.7. The smallest absolute Gasteiger partial charge is 0.265 e. The zero-order valence-corrected chi connectivity index (χ0v) is 20.5. The molecular formula is C23H20ClN3O2S3. The van der Waals surface area contributed by atoms with Gasteiger partial charge < -0.3 is 16.4 Å². The SMILES string of the molecule is CCc1c(NC(C)=O)sc(-c2cc(-c3cccc(NC(=O)c4ccc(Cl)s4)c3)cs2)c1N. The fraction of sp³-hybridized carbons (Fsp3) is 0.130. The molecule has 0 spiro atoms. The summed E-state index contributed by atoms with van der Waals surface area (Å²) >= 11 is 10.3. The quantitative estimate of drug-likeness (QED) is 0.261. The molecule has 0 aliphatic carbocycles. The molecule has 1 aromatic carbocycles. The van der Waals surface area contributed by atoms with Gasteiger partial charge in [0.1, 0.15) is 5.00 Å². The molecule has 0 fully saturated rings. The second-order valence-electron chi connectivity index (χ2n) is 7.03. The van der Waals surface area contributed by atoms with Gasteiger partial charge >= 0.3 is 0 Å². The zero-order chi connectivity index (χ0) is 22.8. The summed E-state index contributed by atoms with van der Waals surface area (Å²) in [5, 5.41) is 8.69.